The number of amides is 3. The summed E-state index contributed by atoms with van der Waals surface area (Å²) in [5, 5.41) is 0. The molecule has 2 heterocycles. The van der Waals surface area contributed by atoms with Crippen LogP contribution in [0.1, 0.15) is 23.7 Å². The topological polar surface area (TPSA) is 71.4 Å². The summed E-state index contributed by atoms with van der Waals surface area (Å²) in [4.78, 5) is 42.4. The Hall–Kier alpha value is -3.19. The largest absolute Gasteiger partial charge is 0.494 e. The molecule has 2 aliphatic rings. The van der Waals surface area contributed by atoms with Gasteiger partial charge in [0.1, 0.15) is 5.75 Å². The second-order valence-corrected chi connectivity index (χ2v) is 7.57. The van der Waals surface area contributed by atoms with Crippen LogP contribution in [0.4, 0.5) is 5.69 Å². The molecule has 7 nitrogen and oxygen atoms in total. The highest BCUT2D eigenvalue weighted by atomic mass is 16.5. The van der Waals surface area contributed by atoms with Gasteiger partial charge in [-0.3, -0.25) is 14.4 Å². The van der Waals surface area contributed by atoms with Crippen LogP contribution in [0, 0.1) is 0 Å². The first-order valence-electron chi connectivity index (χ1n) is 10.4. The smallest absolute Gasteiger partial charge is 0.292 e. The van der Waals surface area contributed by atoms with E-state index in [-0.39, 0.29) is 24.1 Å². The van der Waals surface area contributed by atoms with E-state index in [0.29, 0.717) is 49.8 Å². The first kappa shape index (κ1) is 20.1. The molecule has 2 aliphatic heterocycles. The maximum absolute atomic E-state index is 13.0. The van der Waals surface area contributed by atoms with E-state index in [2.05, 4.69) is 0 Å². The Balaban J connectivity index is 1.39. The Labute approximate surface area is 175 Å². The highest BCUT2D eigenvalue weighted by Gasteiger charge is 2.46. The van der Waals surface area contributed by atoms with Crippen LogP contribution in [0.25, 0.3) is 0 Å². The first-order chi connectivity index (χ1) is 14.6. The second-order valence-electron chi connectivity index (χ2n) is 7.57. The fraction of sp³-hybridized carbons (Fsp3) is 0.348. The van der Waals surface area contributed by atoms with Crippen molar-refractivity contribution < 1.29 is 24.0 Å². The molecule has 2 aromatic rings. The fourth-order valence-electron chi connectivity index (χ4n) is 4.19. The van der Waals surface area contributed by atoms with Gasteiger partial charge in [0, 0.05) is 5.56 Å². The molecule has 0 saturated carbocycles. The molecule has 4 rings (SSSR count). The highest BCUT2D eigenvalue weighted by molar-refractivity contribution is 6.21. The van der Waals surface area contributed by atoms with Gasteiger partial charge < -0.3 is 14.5 Å². The zero-order valence-corrected chi connectivity index (χ0v) is 17.0. The van der Waals surface area contributed by atoms with Crippen LogP contribution in [0.2, 0.25) is 0 Å². The summed E-state index contributed by atoms with van der Waals surface area (Å²) in [6, 6.07) is 15.9. The van der Waals surface area contributed by atoms with Crippen LogP contribution in [-0.4, -0.2) is 61.4 Å². The van der Waals surface area contributed by atoms with Gasteiger partial charge in [0.15, 0.2) is 6.04 Å². The normalized spacial score (nSPS) is 20.0. The molecule has 1 N–H and O–H groups in total. The maximum atomic E-state index is 13.0. The quantitative estimate of drug-likeness (QED) is 0.742. The number of piperazine rings is 1. The lowest BCUT2D eigenvalue weighted by Crippen LogP contribution is -3.19. The van der Waals surface area contributed by atoms with Crippen LogP contribution in [0.5, 0.6) is 5.75 Å². The molecule has 3 amide bonds. The van der Waals surface area contributed by atoms with Gasteiger partial charge in [-0.2, -0.15) is 0 Å². The van der Waals surface area contributed by atoms with Crippen molar-refractivity contribution >= 4 is 23.4 Å². The SMILES string of the molecule is CCOc1ccc(N2C(=O)C[C@@H]([NH+]3CCN(C(=O)c4ccccc4)CC3)C2=O)cc1. The van der Waals surface area contributed by atoms with Gasteiger partial charge in [-0.1, -0.05) is 18.2 Å². The number of carbonyl (C=O) groups excluding carboxylic acids is 3. The van der Waals surface area contributed by atoms with Crippen molar-refractivity contribution in [2.45, 2.75) is 19.4 Å². The van der Waals surface area contributed by atoms with Crippen LogP contribution in [-0.2, 0) is 9.59 Å². The molecule has 0 unspecified atom stereocenters. The van der Waals surface area contributed by atoms with Crippen molar-refractivity contribution in [3.05, 3.63) is 60.2 Å². The molecule has 0 aliphatic carbocycles. The number of quaternary nitrogens is 1. The minimum atomic E-state index is -0.391. The van der Waals surface area contributed by atoms with Gasteiger partial charge in [0.05, 0.1) is 44.9 Å². The molecular weight excluding hydrogens is 382 g/mol. The molecule has 2 fully saturated rings. The van der Waals surface area contributed by atoms with Crippen molar-refractivity contribution in [3.63, 3.8) is 0 Å². The van der Waals surface area contributed by atoms with E-state index in [4.69, 9.17) is 4.74 Å². The Morgan fingerprint density at radius 3 is 2.33 bits per heavy atom. The third-order valence-corrected chi connectivity index (χ3v) is 5.76. The molecule has 0 aromatic heterocycles. The second kappa shape index (κ2) is 8.67. The van der Waals surface area contributed by atoms with Gasteiger partial charge >= 0.3 is 0 Å². The summed E-state index contributed by atoms with van der Waals surface area (Å²) in [6.45, 7) is 4.92. The Kier molecular flexibility index (Phi) is 5.81. The molecule has 0 spiro atoms. The van der Waals surface area contributed by atoms with E-state index < -0.39 is 6.04 Å². The molecule has 30 heavy (non-hydrogen) atoms. The number of benzene rings is 2. The van der Waals surface area contributed by atoms with Gasteiger partial charge in [-0.05, 0) is 43.3 Å². The summed E-state index contributed by atoms with van der Waals surface area (Å²) in [6.07, 6.45) is 0.202. The van der Waals surface area contributed by atoms with Crippen LogP contribution in [0.3, 0.4) is 0 Å². The molecule has 156 valence electrons. The fourth-order valence-corrected chi connectivity index (χ4v) is 4.19. The van der Waals surface area contributed by atoms with Crippen molar-refractivity contribution in [3.8, 4) is 5.75 Å². The van der Waals surface area contributed by atoms with Crippen LogP contribution >= 0.6 is 0 Å². The zero-order chi connectivity index (χ0) is 21.1. The average Bonchev–Trinajstić information content (AvgIpc) is 3.09. The minimum Gasteiger partial charge on any atom is -0.494 e. The molecule has 0 radical (unpaired) electrons. The predicted molar refractivity (Wildman–Crippen MR) is 112 cm³/mol. The number of carbonyl (C=O) groups is 3. The number of ether oxygens (including phenoxy) is 1. The molecule has 7 heteroatoms. The van der Waals surface area contributed by atoms with Crippen LogP contribution < -0.4 is 14.5 Å². The third kappa shape index (κ3) is 3.93. The Morgan fingerprint density at radius 2 is 1.70 bits per heavy atom. The number of hydrogen-bond donors (Lipinski definition) is 1. The van der Waals surface area contributed by atoms with Crippen molar-refractivity contribution in [2.24, 2.45) is 0 Å². The first-order valence-corrected chi connectivity index (χ1v) is 10.4. The number of anilines is 1. The van der Waals surface area contributed by atoms with E-state index in [9.17, 15) is 14.4 Å². The Bertz CT molecular complexity index is 921. The van der Waals surface area contributed by atoms with E-state index in [1.54, 1.807) is 24.3 Å². The summed E-state index contributed by atoms with van der Waals surface area (Å²) in [5.41, 5.74) is 1.25. The Morgan fingerprint density at radius 1 is 1.03 bits per heavy atom. The number of imide groups is 1. The van der Waals surface area contributed by atoms with Gasteiger partial charge in [-0.25, -0.2) is 4.90 Å². The standard InChI is InChI=1S/C23H25N3O4/c1-2-30-19-10-8-18(9-11-19)26-21(27)16-20(23(26)29)24-12-14-25(15-13-24)22(28)17-6-4-3-5-7-17/h3-11,20H,2,12-16H2,1H3/p+1/t20-/m1/s1. The van der Waals surface area contributed by atoms with Gasteiger partial charge in [0.2, 0.25) is 5.91 Å². The van der Waals surface area contributed by atoms with Crippen molar-refractivity contribution in [1.29, 1.82) is 0 Å². The monoisotopic (exact) mass is 408 g/mol. The highest BCUT2D eigenvalue weighted by Crippen LogP contribution is 2.24. The van der Waals surface area contributed by atoms with E-state index >= 15 is 0 Å². The molecule has 0 bridgehead atoms. The number of nitrogens with one attached hydrogen (secondary N) is 1. The minimum absolute atomic E-state index is 0.0134. The van der Waals surface area contributed by atoms with Gasteiger partial charge in [-0.15, -0.1) is 0 Å². The van der Waals surface area contributed by atoms with Crippen LogP contribution in [0.15, 0.2) is 54.6 Å². The number of hydrogen-bond acceptors (Lipinski definition) is 4. The van der Waals surface area contributed by atoms with Crippen molar-refractivity contribution in [1.82, 2.24) is 4.90 Å². The van der Waals surface area contributed by atoms with Gasteiger partial charge in [0.25, 0.3) is 11.8 Å². The average molecular weight is 408 g/mol. The maximum Gasteiger partial charge on any atom is 0.292 e. The predicted octanol–water partition coefficient (Wildman–Crippen LogP) is 0.758. The van der Waals surface area contributed by atoms with Crippen molar-refractivity contribution in [2.75, 3.05) is 37.7 Å². The molecule has 2 aromatic carbocycles. The lowest BCUT2D eigenvalue weighted by Gasteiger charge is -2.34. The summed E-state index contributed by atoms with van der Waals surface area (Å²) < 4.78 is 5.43. The molecule has 1 atom stereocenters. The lowest BCUT2D eigenvalue weighted by atomic mass is 10.1. The third-order valence-electron chi connectivity index (χ3n) is 5.76. The lowest BCUT2D eigenvalue weighted by molar-refractivity contribution is -0.918. The summed E-state index contributed by atoms with van der Waals surface area (Å²) in [5.74, 6) is 0.382. The zero-order valence-electron chi connectivity index (χ0n) is 17.0. The number of nitrogens with zero attached hydrogens (tertiary/aromatic N) is 2. The van der Waals surface area contributed by atoms with E-state index in [1.165, 1.54) is 4.90 Å². The summed E-state index contributed by atoms with van der Waals surface area (Å²) >= 11 is 0. The van der Waals surface area contributed by atoms with E-state index in [1.807, 2.05) is 42.2 Å². The molecular formula is C23H26N3O4+. The number of rotatable bonds is 5. The summed E-state index contributed by atoms with van der Waals surface area (Å²) in [7, 11) is 0. The van der Waals surface area contributed by atoms with E-state index in [0.717, 1.165) is 4.90 Å². The molecule has 2 saturated heterocycles.